The Labute approximate surface area is 191 Å². The molecule has 1 atom stereocenters. The summed E-state index contributed by atoms with van der Waals surface area (Å²) in [5.74, 6) is -0.181. The summed E-state index contributed by atoms with van der Waals surface area (Å²) in [6, 6.07) is 13.7. The van der Waals surface area contributed by atoms with Crippen LogP contribution in [0.5, 0.6) is 5.75 Å². The van der Waals surface area contributed by atoms with Gasteiger partial charge in [-0.1, -0.05) is 17.8 Å². The van der Waals surface area contributed by atoms with Crippen molar-refractivity contribution >= 4 is 46.1 Å². The summed E-state index contributed by atoms with van der Waals surface area (Å²) in [5, 5.41) is 2.74. The molecule has 1 N–H and O–H groups in total. The Hall–Kier alpha value is -3.33. The zero-order chi connectivity index (χ0) is 23.1. The first kappa shape index (κ1) is 23.3. The van der Waals surface area contributed by atoms with Crippen LogP contribution in [-0.4, -0.2) is 53.4 Å². The molecule has 0 aromatic heterocycles. The first-order valence-electron chi connectivity index (χ1n) is 10.2. The molecular weight excluding hydrogens is 430 g/mol. The standard InChI is InChI=1S/C23H25N3O5S/c1-4-30-18-8-6-7-17(13-18)24-20(27)14-19-21(28)26(3)23(32-19)25-16-11-9-15(10-12-16)22(29)31-5-2/h6-13,19H,4-5,14H2,1-3H3,(H,24,27)/t19-/m1/s1. The van der Waals surface area contributed by atoms with Gasteiger partial charge in [0, 0.05) is 25.2 Å². The Bertz CT molecular complexity index is 1020. The number of amides is 2. The van der Waals surface area contributed by atoms with Crippen LogP contribution in [0.4, 0.5) is 11.4 Å². The Kier molecular flexibility index (Phi) is 7.88. The molecule has 1 aliphatic rings. The highest BCUT2D eigenvalue weighted by atomic mass is 32.2. The molecule has 1 heterocycles. The number of esters is 1. The van der Waals surface area contributed by atoms with Crippen LogP contribution in [0.25, 0.3) is 0 Å². The number of nitrogens with zero attached hydrogens (tertiary/aromatic N) is 2. The summed E-state index contributed by atoms with van der Waals surface area (Å²) in [4.78, 5) is 42.8. The highest BCUT2D eigenvalue weighted by Gasteiger charge is 2.37. The molecule has 2 aromatic carbocycles. The van der Waals surface area contributed by atoms with Gasteiger partial charge in [-0.2, -0.15) is 0 Å². The number of hydrogen-bond donors (Lipinski definition) is 1. The summed E-state index contributed by atoms with van der Waals surface area (Å²) in [7, 11) is 1.63. The van der Waals surface area contributed by atoms with Crippen LogP contribution in [0.1, 0.15) is 30.6 Å². The number of benzene rings is 2. The molecule has 1 fully saturated rings. The number of thioether (sulfide) groups is 1. The van der Waals surface area contributed by atoms with Gasteiger partial charge in [0.05, 0.1) is 24.5 Å². The third-order valence-corrected chi connectivity index (χ3v) is 5.77. The van der Waals surface area contributed by atoms with Gasteiger partial charge in [0.15, 0.2) is 5.17 Å². The fourth-order valence-electron chi connectivity index (χ4n) is 3.00. The molecule has 0 bridgehead atoms. The number of carbonyl (C=O) groups is 3. The molecule has 0 aliphatic carbocycles. The molecule has 1 aliphatic heterocycles. The second kappa shape index (κ2) is 10.8. The van der Waals surface area contributed by atoms with Crippen LogP contribution in [0.2, 0.25) is 0 Å². The third kappa shape index (κ3) is 5.88. The molecule has 0 unspecified atom stereocenters. The molecule has 3 rings (SSSR count). The topological polar surface area (TPSA) is 97.3 Å². The number of carbonyl (C=O) groups excluding carboxylic acids is 3. The summed E-state index contributed by atoms with van der Waals surface area (Å²) in [6.45, 7) is 4.47. The van der Waals surface area contributed by atoms with E-state index in [1.807, 2.05) is 13.0 Å². The summed E-state index contributed by atoms with van der Waals surface area (Å²) in [6.07, 6.45) is 0.0213. The van der Waals surface area contributed by atoms with Gasteiger partial charge in [-0.25, -0.2) is 9.79 Å². The molecule has 2 amide bonds. The van der Waals surface area contributed by atoms with Crippen LogP contribution >= 0.6 is 11.8 Å². The minimum atomic E-state index is -0.562. The number of amidine groups is 1. The summed E-state index contributed by atoms with van der Waals surface area (Å²) in [5.41, 5.74) is 1.64. The van der Waals surface area contributed by atoms with Crippen molar-refractivity contribution in [3.05, 3.63) is 54.1 Å². The lowest BCUT2D eigenvalue weighted by molar-refractivity contribution is -0.127. The Morgan fingerprint density at radius 3 is 2.56 bits per heavy atom. The fraction of sp³-hybridized carbons (Fsp3) is 0.304. The van der Waals surface area contributed by atoms with Gasteiger partial charge in [-0.3, -0.25) is 14.5 Å². The van der Waals surface area contributed by atoms with E-state index in [0.29, 0.717) is 41.1 Å². The molecule has 1 saturated heterocycles. The lowest BCUT2D eigenvalue weighted by Gasteiger charge is -2.10. The van der Waals surface area contributed by atoms with Crippen molar-refractivity contribution in [3.63, 3.8) is 0 Å². The summed E-state index contributed by atoms with van der Waals surface area (Å²) >= 11 is 1.24. The lowest BCUT2D eigenvalue weighted by atomic mass is 10.2. The SMILES string of the molecule is CCOC(=O)c1ccc(N=C2S[C@H](CC(=O)Nc3cccc(OCC)c3)C(=O)N2C)cc1. The summed E-state index contributed by atoms with van der Waals surface area (Å²) < 4.78 is 10.4. The van der Waals surface area contributed by atoms with Gasteiger partial charge in [0.1, 0.15) is 11.0 Å². The first-order valence-corrected chi connectivity index (χ1v) is 11.1. The maximum absolute atomic E-state index is 12.6. The quantitative estimate of drug-likeness (QED) is 0.607. The number of aliphatic imine (C=N–C) groups is 1. The van der Waals surface area contributed by atoms with E-state index in [1.54, 1.807) is 56.4 Å². The highest BCUT2D eigenvalue weighted by molar-refractivity contribution is 8.15. The molecule has 0 saturated carbocycles. The average molecular weight is 456 g/mol. The molecule has 32 heavy (non-hydrogen) atoms. The fourth-order valence-corrected chi connectivity index (χ4v) is 4.16. The normalized spacial score (nSPS) is 16.8. The van der Waals surface area contributed by atoms with Crippen molar-refractivity contribution in [2.45, 2.75) is 25.5 Å². The number of nitrogens with one attached hydrogen (secondary N) is 1. The largest absolute Gasteiger partial charge is 0.494 e. The van der Waals surface area contributed by atoms with E-state index in [4.69, 9.17) is 9.47 Å². The smallest absolute Gasteiger partial charge is 0.338 e. The Morgan fingerprint density at radius 2 is 1.88 bits per heavy atom. The van der Waals surface area contributed by atoms with Crippen molar-refractivity contribution in [1.82, 2.24) is 4.90 Å². The van der Waals surface area contributed by atoms with E-state index in [1.165, 1.54) is 16.7 Å². The van der Waals surface area contributed by atoms with Crippen molar-refractivity contribution in [3.8, 4) is 5.75 Å². The number of ether oxygens (including phenoxy) is 2. The van der Waals surface area contributed by atoms with Gasteiger partial charge >= 0.3 is 5.97 Å². The number of anilines is 1. The molecule has 8 nitrogen and oxygen atoms in total. The zero-order valence-corrected chi connectivity index (χ0v) is 19.0. The van der Waals surface area contributed by atoms with Gasteiger partial charge in [-0.15, -0.1) is 0 Å². The molecular formula is C23H25N3O5S. The van der Waals surface area contributed by atoms with E-state index >= 15 is 0 Å². The first-order chi connectivity index (χ1) is 15.4. The van der Waals surface area contributed by atoms with E-state index < -0.39 is 11.2 Å². The maximum atomic E-state index is 12.6. The highest BCUT2D eigenvalue weighted by Crippen LogP contribution is 2.31. The van der Waals surface area contributed by atoms with Crippen LogP contribution < -0.4 is 10.1 Å². The maximum Gasteiger partial charge on any atom is 0.338 e. The minimum Gasteiger partial charge on any atom is -0.494 e. The monoisotopic (exact) mass is 455 g/mol. The third-order valence-electron chi connectivity index (χ3n) is 4.54. The predicted octanol–water partition coefficient (Wildman–Crippen LogP) is 3.85. The minimum absolute atomic E-state index is 0.0213. The van der Waals surface area contributed by atoms with Gasteiger partial charge in [-0.05, 0) is 50.2 Å². The van der Waals surface area contributed by atoms with Crippen LogP contribution in [0.15, 0.2) is 53.5 Å². The Morgan fingerprint density at radius 1 is 1.12 bits per heavy atom. The van der Waals surface area contributed by atoms with Crippen LogP contribution in [-0.2, 0) is 14.3 Å². The average Bonchev–Trinajstić information content (AvgIpc) is 3.02. The van der Waals surface area contributed by atoms with E-state index in [2.05, 4.69) is 10.3 Å². The zero-order valence-electron chi connectivity index (χ0n) is 18.2. The van der Waals surface area contributed by atoms with Gasteiger partial charge in [0.2, 0.25) is 11.8 Å². The molecule has 168 valence electrons. The predicted molar refractivity (Wildman–Crippen MR) is 125 cm³/mol. The van der Waals surface area contributed by atoms with E-state index in [-0.39, 0.29) is 18.2 Å². The number of rotatable bonds is 8. The van der Waals surface area contributed by atoms with Crippen LogP contribution in [0, 0.1) is 0 Å². The van der Waals surface area contributed by atoms with E-state index in [9.17, 15) is 14.4 Å². The second-order valence-electron chi connectivity index (χ2n) is 6.88. The molecule has 0 spiro atoms. The van der Waals surface area contributed by atoms with Crippen molar-refractivity contribution < 1.29 is 23.9 Å². The lowest BCUT2D eigenvalue weighted by Crippen LogP contribution is -2.30. The van der Waals surface area contributed by atoms with Crippen molar-refractivity contribution in [1.29, 1.82) is 0 Å². The molecule has 2 aromatic rings. The molecule has 0 radical (unpaired) electrons. The van der Waals surface area contributed by atoms with E-state index in [0.717, 1.165) is 0 Å². The second-order valence-corrected chi connectivity index (χ2v) is 8.05. The van der Waals surface area contributed by atoms with Crippen molar-refractivity contribution in [2.24, 2.45) is 4.99 Å². The molecule has 9 heteroatoms. The Balaban J connectivity index is 1.63. The van der Waals surface area contributed by atoms with Crippen LogP contribution in [0.3, 0.4) is 0 Å². The van der Waals surface area contributed by atoms with Crippen molar-refractivity contribution in [2.75, 3.05) is 25.6 Å². The van der Waals surface area contributed by atoms with Gasteiger partial charge in [0.25, 0.3) is 0 Å². The van der Waals surface area contributed by atoms with Gasteiger partial charge < -0.3 is 14.8 Å². The number of hydrogen-bond acceptors (Lipinski definition) is 7.